The standard InChI is InChI=1S/C17H18BrN3O6/c1-11(22)8-14-16(20(24)25)9-19(7-6-18)10-17(14,21(26)27)15(23)12-4-2-3-5-13(12)16/h2-5,14H,6-10H2,1H3. The van der Waals surface area contributed by atoms with Crippen molar-refractivity contribution in [2.75, 3.05) is 25.0 Å². The van der Waals surface area contributed by atoms with Gasteiger partial charge in [-0.25, -0.2) is 0 Å². The van der Waals surface area contributed by atoms with Crippen molar-refractivity contribution < 1.29 is 19.4 Å². The average molecular weight is 440 g/mol. The van der Waals surface area contributed by atoms with Crippen LogP contribution in [0.4, 0.5) is 0 Å². The lowest BCUT2D eigenvalue weighted by Gasteiger charge is -2.50. The van der Waals surface area contributed by atoms with Gasteiger partial charge < -0.3 is 4.79 Å². The number of rotatable bonds is 6. The van der Waals surface area contributed by atoms with Gasteiger partial charge in [0.15, 0.2) is 0 Å². The molecule has 3 rings (SSSR count). The SMILES string of the molecule is CC(=O)CC1C2([N+](=O)[O-])CN(CCBr)CC1([N+](=O)[O-])c1ccccc1C2=O. The molecule has 2 bridgehead atoms. The van der Waals surface area contributed by atoms with E-state index in [0.29, 0.717) is 11.9 Å². The van der Waals surface area contributed by atoms with E-state index in [4.69, 9.17) is 0 Å². The maximum atomic E-state index is 13.3. The quantitative estimate of drug-likeness (QED) is 0.375. The van der Waals surface area contributed by atoms with Crippen molar-refractivity contribution in [3.05, 3.63) is 55.6 Å². The summed E-state index contributed by atoms with van der Waals surface area (Å²) in [5.74, 6) is -2.52. The number of fused-ring (bicyclic) bond motifs is 4. The number of carbonyl (C=O) groups is 2. The average Bonchev–Trinajstić information content (AvgIpc) is 2.60. The lowest BCUT2D eigenvalue weighted by Crippen LogP contribution is -2.75. The molecule has 1 heterocycles. The summed E-state index contributed by atoms with van der Waals surface area (Å²) in [6, 6.07) is 5.99. The molecule has 0 N–H and O–H groups in total. The molecule has 3 atom stereocenters. The number of hydrogen-bond donors (Lipinski definition) is 0. The minimum atomic E-state index is -2.23. The van der Waals surface area contributed by atoms with Crippen molar-refractivity contribution in [3.63, 3.8) is 0 Å². The molecular formula is C17H18BrN3O6. The van der Waals surface area contributed by atoms with Crippen LogP contribution in [0.1, 0.15) is 29.3 Å². The predicted octanol–water partition coefficient (Wildman–Crippen LogP) is 1.68. The zero-order valence-corrected chi connectivity index (χ0v) is 16.2. The van der Waals surface area contributed by atoms with Crippen molar-refractivity contribution in [1.29, 1.82) is 0 Å². The highest BCUT2D eigenvalue weighted by molar-refractivity contribution is 9.09. The van der Waals surface area contributed by atoms with E-state index in [1.54, 1.807) is 11.0 Å². The monoisotopic (exact) mass is 439 g/mol. The molecule has 0 saturated carbocycles. The van der Waals surface area contributed by atoms with E-state index < -0.39 is 44.8 Å². The third-order valence-electron chi connectivity index (χ3n) is 5.66. The summed E-state index contributed by atoms with van der Waals surface area (Å²) >= 11 is 3.26. The molecule has 1 saturated heterocycles. The zero-order valence-electron chi connectivity index (χ0n) is 14.6. The Morgan fingerprint density at radius 3 is 2.37 bits per heavy atom. The number of alkyl halides is 1. The predicted molar refractivity (Wildman–Crippen MR) is 98.2 cm³/mol. The van der Waals surface area contributed by atoms with Gasteiger partial charge in [0, 0.05) is 39.3 Å². The molecule has 1 fully saturated rings. The summed E-state index contributed by atoms with van der Waals surface area (Å²) in [6.45, 7) is 1.20. The Morgan fingerprint density at radius 1 is 1.22 bits per heavy atom. The van der Waals surface area contributed by atoms with Gasteiger partial charge in [-0.3, -0.25) is 29.9 Å². The first-order valence-corrected chi connectivity index (χ1v) is 9.55. The molecule has 1 aliphatic carbocycles. The summed E-state index contributed by atoms with van der Waals surface area (Å²) in [6.07, 6.45) is -0.399. The van der Waals surface area contributed by atoms with Crippen LogP contribution in [0.25, 0.3) is 0 Å². The van der Waals surface area contributed by atoms with E-state index in [0.717, 1.165) is 0 Å². The molecule has 3 unspecified atom stereocenters. The molecular weight excluding hydrogens is 422 g/mol. The summed E-state index contributed by atoms with van der Waals surface area (Å²) < 4.78 is 0. The second-order valence-electron chi connectivity index (χ2n) is 7.10. The van der Waals surface area contributed by atoms with Gasteiger partial charge in [0.2, 0.25) is 5.78 Å². The van der Waals surface area contributed by atoms with Crippen LogP contribution < -0.4 is 0 Å². The normalized spacial score (nSPS) is 29.9. The van der Waals surface area contributed by atoms with Gasteiger partial charge >= 0.3 is 5.54 Å². The van der Waals surface area contributed by atoms with E-state index >= 15 is 0 Å². The number of likely N-dealkylation sites (tertiary alicyclic amines) is 1. The second-order valence-corrected chi connectivity index (χ2v) is 7.89. The molecule has 0 spiro atoms. The maximum Gasteiger partial charge on any atom is 0.306 e. The molecule has 2 aliphatic rings. The highest BCUT2D eigenvalue weighted by Crippen LogP contribution is 2.53. The molecule has 0 amide bonds. The van der Waals surface area contributed by atoms with Gasteiger partial charge in [-0.1, -0.05) is 40.2 Å². The van der Waals surface area contributed by atoms with Crippen LogP contribution in [0.5, 0.6) is 0 Å². The maximum absolute atomic E-state index is 13.3. The summed E-state index contributed by atoms with van der Waals surface area (Å²) in [7, 11) is 0. The van der Waals surface area contributed by atoms with Crippen LogP contribution in [0.3, 0.4) is 0 Å². The van der Waals surface area contributed by atoms with Crippen molar-refractivity contribution >= 4 is 27.5 Å². The van der Waals surface area contributed by atoms with Crippen LogP contribution in [0.15, 0.2) is 24.3 Å². The van der Waals surface area contributed by atoms with Crippen LogP contribution in [0, 0.1) is 26.1 Å². The van der Waals surface area contributed by atoms with Crippen LogP contribution in [-0.2, 0) is 10.3 Å². The number of hydrogen-bond acceptors (Lipinski definition) is 7. The third kappa shape index (κ3) is 2.61. The smallest absolute Gasteiger partial charge is 0.300 e. The molecule has 0 radical (unpaired) electrons. The summed E-state index contributed by atoms with van der Waals surface area (Å²) in [4.78, 5) is 50.1. The molecule has 9 nitrogen and oxygen atoms in total. The molecule has 144 valence electrons. The number of nitrogens with zero attached hydrogens (tertiary/aromatic N) is 3. The topological polar surface area (TPSA) is 124 Å². The molecule has 1 aliphatic heterocycles. The number of Topliss-reactive ketones (excluding diaryl/α,β-unsaturated/α-hetero) is 2. The van der Waals surface area contributed by atoms with Gasteiger partial charge in [-0.15, -0.1) is 0 Å². The van der Waals surface area contributed by atoms with Crippen molar-refractivity contribution in [3.8, 4) is 0 Å². The summed E-state index contributed by atoms with van der Waals surface area (Å²) in [5.41, 5.74) is -3.97. The van der Waals surface area contributed by atoms with Gasteiger partial charge in [0.1, 0.15) is 11.7 Å². The number of benzene rings is 1. The van der Waals surface area contributed by atoms with Gasteiger partial charge in [0.25, 0.3) is 5.54 Å². The molecule has 10 heteroatoms. The van der Waals surface area contributed by atoms with E-state index in [2.05, 4.69) is 15.9 Å². The van der Waals surface area contributed by atoms with E-state index in [9.17, 15) is 29.8 Å². The summed E-state index contributed by atoms with van der Waals surface area (Å²) in [5, 5.41) is 25.1. The second kappa shape index (κ2) is 6.75. The molecule has 1 aromatic rings. The largest absolute Gasteiger partial charge is 0.306 e. The number of halogens is 1. The highest BCUT2D eigenvalue weighted by Gasteiger charge is 2.77. The Balaban J connectivity index is 2.39. The van der Waals surface area contributed by atoms with Gasteiger partial charge in [-0.05, 0) is 6.92 Å². The number of nitro groups is 2. The Morgan fingerprint density at radius 2 is 1.81 bits per heavy atom. The fourth-order valence-corrected chi connectivity index (χ4v) is 5.10. The fourth-order valence-electron chi connectivity index (χ4n) is 4.60. The number of ketones is 2. The minimum Gasteiger partial charge on any atom is -0.300 e. The van der Waals surface area contributed by atoms with Crippen LogP contribution in [0.2, 0.25) is 0 Å². The van der Waals surface area contributed by atoms with Gasteiger partial charge in [0.05, 0.1) is 13.1 Å². The third-order valence-corrected chi connectivity index (χ3v) is 6.01. The minimum absolute atomic E-state index is 0.00388. The molecule has 0 aromatic heterocycles. The van der Waals surface area contributed by atoms with E-state index in [1.165, 1.54) is 25.1 Å². The van der Waals surface area contributed by atoms with E-state index in [-0.39, 0.29) is 24.2 Å². The number of carbonyl (C=O) groups excluding carboxylic acids is 2. The Bertz CT molecular complexity index is 846. The van der Waals surface area contributed by atoms with Crippen LogP contribution >= 0.6 is 15.9 Å². The first-order valence-electron chi connectivity index (χ1n) is 8.43. The zero-order chi connectivity index (χ0) is 20.0. The lowest BCUT2D eigenvalue weighted by molar-refractivity contribution is -0.640. The Kier molecular flexibility index (Phi) is 4.89. The van der Waals surface area contributed by atoms with Crippen molar-refractivity contribution in [1.82, 2.24) is 4.90 Å². The fraction of sp³-hybridized carbons (Fsp3) is 0.529. The van der Waals surface area contributed by atoms with Crippen molar-refractivity contribution in [2.45, 2.75) is 24.4 Å². The number of piperidine rings is 1. The highest BCUT2D eigenvalue weighted by atomic mass is 79.9. The lowest BCUT2D eigenvalue weighted by atomic mass is 9.56. The van der Waals surface area contributed by atoms with Crippen molar-refractivity contribution in [2.24, 2.45) is 5.92 Å². The van der Waals surface area contributed by atoms with Gasteiger partial charge in [-0.2, -0.15) is 0 Å². The van der Waals surface area contributed by atoms with E-state index in [1.807, 2.05) is 0 Å². The Labute approximate surface area is 163 Å². The first-order chi connectivity index (χ1) is 12.7. The van der Waals surface area contributed by atoms with Crippen LogP contribution in [-0.4, -0.2) is 56.8 Å². The first kappa shape index (κ1) is 19.6. The Hall–Kier alpha value is -2.20. The molecule has 1 aromatic carbocycles. The molecule has 27 heavy (non-hydrogen) atoms.